The van der Waals surface area contributed by atoms with Crippen LogP contribution in [0.3, 0.4) is 0 Å². The van der Waals surface area contributed by atoms with Gasteiger partial charge in [-0.15, -0.1) is 0 Å². The molecular weight excluding hydrogens is 278 g/mol. The van der Waals surface area contributed by atoms with E-state index in [4.69, 9.17) is 0 Å². The van der Waals surface area contributed by atoms with Crippen molar-refractivity contribution in [1.29, 1.82) is 0 Å². The summed E-state index contributed by atoms with van der Waals surface area (Å²) in [7, 11) is 0. The standard InChI is InChI=1S/C17H29N3O2/c1-16(2,3)12-14(21)19-10-7-17(8-11-19)18-15(22)13-6-4-5-9-20(13)17/h13H,4-12H2,1-3H3,(H,18,22). The molecule has 1 unspecified atom stereocenters. The van der Waals surface area contributed by atoms with Crippen LogP contribution in [0.4, 0.5) is 0 Å². The van der Waals surface area contributed by atoms with E-state index in [0.29, 0.717) is 6.42 Å². The van der Waals surface area contributed by atoms with Gasteiger partial charge >= 0.3 is 0 Å². The predicted octanol–water partition coefficient (Wildman–Crippen LogP) is 1.73. The maximum atomic E-state index is 12.4. The van der Waals surface area contributed by atoms with Gasteiger partial charge in [0.1, 0.15) is 0 Å². The molecule has 1 N–H and O–H groups in total. The van der Waals surface area contributed by atoms with Crippen LogP contribution in [0.15, 0.2) is 0 Å². The summed E-state index contributed by atoms with van der Waals surface area (Å²) in [6.45, 7) is 8.85. The van der Waals surface area contributed by atoms with Crippen LogP contribution in [0.5, 0.6) is 0 Å². The number of carbonyl (C=O) groups excluding carboxylic acids is 2. The van der Waals surface area contributed by atoms with Gasteiger partial charge in [-0.1, -0.05) is 27.2 Å². The number of nitrogens with one attached hydrogen (secondary N) is 1. The van der Waals surface area contributed by atoms with Crippen molar-refractivity contribution in [2.45, 2.75) is 71.0 Å². The minimum absolute atomic E-state index is 0.0335. The monoisotopic (exact) mass is 307 g/mol. The summed E-state index contributed by atoms with van der Waals surface area (Å²) in [5.41, 5.74) is -0.146. The Morgan fingerprint density at radius 2 is 1.91 bits per heavy atom. The van der Waals surface area contributed by atoms with Gasteiger partial charge in [-0.3, -0.25) is 14.5 Å². The SMILES string of the molecule is CC(C)(C)CC(=O)N1CCC2(CC1)NC(=O)C1CCCCN12. The minimum Gasteiger partial charge on any atom is -0.342 e. The van der Waals surface area contributed by atoms with Crippen LogP contribution < -0.4 is 5.32 Å². The molecule has 3 rings (SSSR count). The van der Waals surface area contributed by atoms with Crippen molar-refractivity contribution < 1.29 is 9.59 Å². The fraction of sp³-hybridized carbons (Fsp3) is 0.882. The maximum absolute atomic E-state index is 12.4. The van der Waals surface area contributed by atoms with Crippen LogP contribution in [-0.2, 0) is 9.59 Å². The topological polar surface area (TPSA) is 52.7 Å². The lowest BCUT2D eigenvalue weighted by atomic mass is 9.89. The lowest BCUT2D eigenvalue weighted by Gasteiger charge is -2.46. The van der Waals surface area contributed by atoms with Crippen molar-refractivity contribution in [3.63, 3.8) is 0 Å². The summed E-state index contributed by atoms with van der Waals surface area (Å²) < 4.78 is 0. The molecule has 0 aliphatic carbocycles. The van der Waals surface area contributed by atoms with Crippen molar-refractivity contribution in [2.24, 2.45) is 5.41 Å². The average Bonchev–Trinajstić information content (AvgIpc) is 2.71. The van der Waals surface area contributed by atoms with Gasteiger partial charge in [0.05, 0.1) is 11.7 Å². The van der Waals surface area contributed by atoms with Crippen molar-refractivity contribution >= 4 is 11.8 Å². The first-order chi connectivity index (χ1) is 10.3. The third kappa shape index (κ3) is 2.87. The Morgan fingerprint density at radius 3 is 2.55 bits per heavy atom. The van der Waals surface area contributed by atoms with E-state index in [1.54, 1.807) is 0 Å². The molecule has 2 amide bonds. The smallest absolute Gasteiger partial charge is 0.238 e. The molecule has 5 heteroatoms. The highest BCUT2D eigenvalue weighted by molar-refractivity contribution is 5.85. The van der Waals surface area contributed by atoms with Crippen LogP contribution in [-0.4, -0.2) is 53.0 Å². The molecule has 3 saturated heterocycles. The van der Waals surface area contributed by atoms with Crippen molar-refractivity contribution in [3.05, 3.63) is 0 Å². The number of hydrogen-bond donors (Lipinski definition) is 1. The van der Waals surface area contributed by atoms with E-state index < -0.39 is 0 Å². The number of rotatable bonds is 1. The van der Waals surface area contributed by atoms with Gasteiger partial charge in [0.15, 0.2) is 0 Å². The number of nitrogens with zero attached hydrogens (tertiary/aromatic N) is 2. The molecule has 0 bridgehead atoms. The average molecular weight is 307 g/mol. The molecule has 0 saturated carbocycles. The summed E-state index contributed by atoms with van der Waals surface area (Å²) in [5.74, 6) is 0.455. The Balaban J connectivity index is 1.64. The maximum Gasteiger partial charge on any atom is 0.238 e. The second-order valence-corrected chi connectivity index (χ2v) is 8.34. The third-order valence-electron chi connectivity index (χ3n) is 5.34. The highest BCUT2D eigenvalue weighted by Crippen LogP contribution is 2.37. The highest BCUT2D eigenvalue weighted by Gasteiger charge is 2.52. The predicted molar refractivity (Wildman–Crippen MR) is 85.1 cm³/mol. The fourth-order valence-electron chi connectivity index (χ4n) is 4.20. The largest absolute Gasteiger partial charge is 0.342 e. The molecule has 124 valence electrons. The highest BCUT2D eigenvalue weighted by atomic mass is 16.2. The van der Waals surface area contributed by atoms with Gasteiger partial charge in [-0.05, 0) is 18.3 Å². The third-order valence-corrected chi connectivity index (χ3v) is 5.34. The van der Waals surface area contributed by atoms with E-state index in [1.165, 1.54) is 6.42 Å². The quantitative estimate of drug-likeness (QED) is 0.802. The van der Waals surface area contributed by atoms with Gasteiger partial charge in [0, 0.05) is 38.9 Å². The first-order valence-corrected chi connectivity index (χ1v) is 8.67. The first-order valence-electron chi connectivity index (χ1n) is 8.67. The first kappa shape index (κ1) is 15.8. The molecule has 3 heterocycles. The molecule has 0 aromatic carbocycles. The van der Waals surface area contributed by atoms with Crippen LogP contribution in [0, 0.1) is 5.41 Å². The molecular formula is C17H29N3O2. The van der Waals surface area contributed by atoms with Crippen molar-refractivity contribution in [1.82, 2.24) is 15.1 Å². The fourth-order valence-corrected chi connectivity index (χ4v) is 4.20. The van der Waals surface area contributed by atoms with Gasteiger partial charge in [0.25, 0.3) is 0 Å². The van der Waals surface area contributed by atoms with Gasteiger partial charge in [0.2, 0.25) is 11.8 Å². The van der Waals surface area contributed by atoms with Gasteiger partial charge in [-0.25, -0.2) is 0 Å². The van der Waals surface area contributed by atoms with E-state index >= 15 is 0 Å². The summed E-state index contributed by atoms with van der Waals surface area (Å²) in [5, 5.41) is 3.27. The molecule has 3 aliphatic heterocycles. The van der Waals surface area contributed by atoms with E-state index in [1.807, 2.05) is 4.90 Å². The number of piperidine rings is 2. The Morgan fingerprint density at radius 1 is 1.23 bits per heavy atom. The van der Waals surface area contributed by atoms with Gasteiger partial charge < -0.3 is 10.2 Å². The number of amides is 2. The lowest BCUT2D eigenvalue weighted by molar-refractivity contribution is -0.136. The molecule has 5 nitrogen and oxygen atoms in total. The molecule has 0 radical (unpaired) electrons. The number of likely N-dealkylation sites (tertiary alicyclic amines) is 1. The summed E-state index contributed by atoms with van der Waals surface area (Å²) in [6.07, 6.45) is 5.65. The van der Waals surface area contributed by atoms with E-state index in [2.05, 4.69) is 31.0 Å². The van der Waals surface area contributed by atoms with E-state index in [0.717, 1.165) is 45.3 Å². The Hall–Kier alpha value is -1.10. The molecule has 0 aromatic heterocycles. The Kier molecular flexibility index (Phi) is 3.96. The Labute approximate surface area is 133 Å². The number of fused-ring (bicyclic) bond motifs is 2. The molecule has 0 aromatic rings. The van der Waals surface area contributed by atoms with E-state index in [9.17, 15) is 9.59 Å². The molecule has 3 fully saturated rings. The van der Waals surface area contributed by atoms with Crippen LogP contribution in [0.2, 0.25) is 0 Å². The normalized spacial score (nSPS) is 28.6. The van der Waals surface area contributed by atoms with Crippen LogP contribution in [0.25, 0.3) is 0 Å². The zero-order valence-corrected chi connectivity index (χ0v) is 14.2. The molecule has 22 heavy (non-hydrogen) atoms. The zero-order valence-electron chi connectivity index (χ0n) is 14.2. The van der Waals surface area contributed by atoms with Crippen LogP contribution in [0.1, 0.15) is 59.3 Å². The van der Waals surface area contributed by atoms with Gasteiger partial charge in [-0.2, -0.15) is 0 Å². The minimum atomic E-state index is -0.180. The molecule has 1 spiro atoms. The number of carbonyl (C=O) groups is 2. The lowest BCUT2D eigenvalue weighted by Crippen LogP contribution is -2.60. The summed E-state index contributed by atoms with van der Waals surface area (Å²) in [4.78, 5) is 29.0. The van der Waals surface area contributed by atoms with Crippen molar-refractivity contribution in [3.8, 4) is 0 Å². The Bertz CT molecular complexity index is 461. The zero-order chi connectivity index (χ0) is 16.0. The second-order valence-electron chi connectivity index (χ2n) is 8.34. The number of hydrogen-bond acceptors (Lipinski definition) is 3. The summed E-state index contributed by atoms with van der Waals surface area (Å²) >= 11 is 0. The van der Waals surface area contributed by atoms with E-state index in [-0.39, 0.29) is 28.9 Å². The van der Waals surface area contributed by atoms with Crippen molar-refractivity contribution in [2.75, 3.05) is 19.6 Å². The van der Waals surface area contributed by atoms with Crippen LogP contribution >= 0.6 is 0 Å². The summed E-state index contributed by atoms with van der Waals surface area (Å²) in [6, 6.07) is 0.0746. The second kappa shape index (κ2) is 5.52. The molecule has 1 atom stereocenters. The molecule has 3 aliphatic rings.